The number of nitrogens with one attached hydrogen (secondary N) is 2. The number of allylic oxidation sites excluding steroid dienone is 1. The second-order valence-corrected chi connectivity index (χ2v) is 6.22. The summed E-state index contributed by atoms with van der Waals surface area (Å²) in [4.78, 5) is 24.7. The van der Waals surface area contributed by atoms with Gasteiger partial charge in [0.1, 0.15) is 11.5 Å². The van der Waals surface area contributed by atoms with Gasteiger partial charge in [-0.05, 0) is 38.1 Å². The summed E-state index contributed by atoms with van der Waals surface area (Å²) in [5.41, 5.74) is 2.57. The first-order chi connectivity index (χ1) is 13.0. The number of carbonyl (C=O) groups is 1. The first-order valence-electron chi connectivity index (χ1n) is 8.62. The summed E-state index contributed by atoms with van der Waals surface area (Å²) in [5.74, 6) is 0.317. The lowest BCUT2D eigenvalue weighted by molar-refractivity contribution is -0.112. The van der Waals surface area contributed by atoms with Crippen LogP contribution in [0.1, 0.15) is 12.6 Å². The lowest BCUT2D eigenvalue weighted by Gasteiger charge is -2.12. The van der Waals surface area contributed by atoms with Crippen molar-refractivity contribution in [3.8, 4) is 5.69 Å². The zero-order valence-corrected chi connectivity index (χ0v) is 15.6. The topological polar surface area (TPSA) is 68.1 Å². The highest BCUT2D eigenvalue weighted by atomic mass is 16.1. The van der Waals surface area contributed by atoms with Crippen LogP contribution < -0.4 is 16.2 Å². The van der Waals surface area contributed by atoms with E-state index in [4.69, 9.17) is 0 Å². The highest BCUT2D eigenvalue weighted by Gasteiger charge is 2.17. The molecule has 0 bridgehead atoms. The standard InChI is InChI=1S/C21H22N4O2/c1-15(26)14-19(22-17-10-6-4-7-11-17)23-20-16(2)24(3)25(21(20)27)18-12-8-5-9-13-18/h4-14,22-23H,1-3H3/b19-14+. The maximum absolute atomic E-state index is 13.0. The SMILES string of the molecule is CC(=O)/C=C(\Nc1ccccc1)Nc1c(C)n(C)n(-c2ccccc2)c1=O. The van der Waals surface area contributed by atoms with E-state index in [1.807, 2.05) is 74.6 Å². The summed E-state index contributed by atoms with van der Waals surface area (Å²) in [5, 5.41) is 6.25. The molecule has 0 atom stereocenters. The van der Waals surface area contributed by atoms with E-state index in [-0.39, 0.29) is 11.3 Å². The molecule has 0 amide bonds. The number of benzene rings is 2. The largest absolute Gasteiger partial charge is 0.342 e. The zero-order valence-electron chi connectivity index (χ0n) is 15.6. The first-order valence-corrected chi connectivity index (χ1v) is 8.62. The average Bonchev–Trinajstić information content (AvgIpc) is 2.86. The minimum Gasteiger partial charge on any atom is -0.342 e. The van der Waals surface area contributed by atoms with Crippen LogP contribution in [0.5, 0.6) is 0 Å². The molecule has 0 aliphatic rings. The maximum atomic E-state index is 13.0. The van der Waals surface area contributed by atoms with Gasteiger partial charge in [0.15, 0.2) is 5.78 Å². The van der Waals surface area contributed by atoms with E-state index >= 15 is 0 Å². The highest BCUT2D eigenvalue weighted by molar-refractivity contribution is 5.89. The fraction of sp³-hybridized carbons (Fsp3) is 0.143. The molecule has 0 unspecified atom stereocenters. The van der Waals surface area contributed by atoms with Crippen LogP contribution in [-0.4, -0.2) is 15.1 Å². The Morgan fingerprint density at radius 2 is 1.56 bits per heavy atom. The number of anilines is 2. The summed E-state index contributed by atoms with van der Waals surface area (Å²) >= 11 is 0. The lowest BCUT2D eigenvalue weighted by Crippen LogP contribution is -2.22. The van der Waals surface area contributed by atoms with E-state index in [1.54, 1.807) is 9.36 Å². The van der Waals surface area contributed by atoms with Crippen LogP contribution in [0, 0.1) is 6.92 Å². The lowest BCUT2D eigenvalue weighted by atomic mass is 10.3. The van der Waals surface area contributed by atoms with Gasteiger partial charge in [-0.1, -0.05) is 36.4 Å². The fourth-order valence-corrected chi connectivity index (χ4v) is 2.83. The summed E-state index contributed by atoms with van der Waals surface area (Å²) < 4.78 is 3.37. The van der Waals surface area contributed by atoms with Gasteiger partial charge >= 0.3 is 0 Å². The van der Waals surface area contributed by atoms with Crippen LogP contribution >= 0.6 is 0 Å². The third kappa shape index (κ3) is 4.00. The minimum absolute atomic E-state index is 0.127. The maximum Gasteiger partial charge on any atom is 0.295 e. The van der Waals surface area contributed by atoms with Crippen molar-refractivity contribution in [1.29, 1.82) is 0 Å². The first kappa shape index (κ1) is 18.3. The van der Waals surface area contributed by atoms with Crippen molar-refractivity contribution in [3.63, 3.8) is 0 Å². The minimum atomic E-state index is -0.189. The Labute approximate surface area is 157 Å². The molecule has 0 saturated carbocycles. The van der Waals surface area contributed by atoms with Gasteiger partial charge in [-0.15, -0.1) is 0 Å². The fourth-order valence-electron chi connectivity index (χ4n) is 2.83. The van der Waals surface area contributed by atoms with Crippen molar-refractivity contribution < 1.29 is 4.79 Å². The quantitative estimate of drug-likeness (QED) is 0.659. The molecule has 138 valence electrons. The van der Waals surface area contributed by atoms with E-state index < -0.39 is 0 Å². The van der Waals surface area contributed by atoms with Crippen molar-refractivity contribution in [3.05, 3.63) is 88.6 Å². The van der Waals surface area contributed by atoms with Crippen LogP contribution in [0.3, 0.4) is 0 Å². The van der Waals surface area contributed by atoms with Gasteiger partial charge < -0.3 is 10.6 Å². The highest BCUT2D eigenvalue weighted by Crippen LogP contribution is 2.17. The molecule has 2 N–H and O–H groups in total. The number of para-hydroxylation sites is 2. The predicted molar refractivity (Wildman–Crippen MR) is 108 cm³/mol. The predicted octanol–water partition coefficient (Wildman–Crippen LogP) is 3.44. The molecule has 3 rings (SSSR count). The molecule has 3 aromatic rings. The smallest absolute Gasteiger partial charge is 0.295 e. The molecule has 27 heavy (non-hydrogen) atoms. The Balaban J connectivity index is 2.00. The third-order valence-corrected chi connectivity index (χ3v) is 4.21. The molecule has 1 heterocycles. The summed E-state index contributed by atoms with van der Waals surface area (Å²) in [7, 11) is 1.83. The molecule has 0 aliphatic carbocycles. The van der Waals surface area contributed by atoms with Crippen LogP contribution in [0.25, 0.3) is 5.69 Å². The van der Waals surface area contributed by atoms with Gasteiger partial charge in [0.05, 0.1) is 11.4 Å². The molecule has 1 aromatic heterocycles. The van der Waals surface area contributed by atoms with Gasteiger partial charge in [0.2, 0.25) is 0 Å². The molecule has 2 aromatic carbocycles. The van der Waals surface area contributed by atoms with E-state index in [9.17, 15) is 9.59 Å². The van der Waals surface area contributed by atoms with Crippen LogP contribution in [-0.2, 0) is 11.8 Å². The Bertz CT molecular complexity index is 1030. The van der Waals surface area contributed by atoms with E-state index in [1.165, 1.54) is 13.0 Å². The Morgan fingerprint density at radius 1 is 0.963 bits per heavy atom. The second kappa shape index (κ2) is 7.78. The molecular weight excluding hydrogens is 340 g/mol. The molecule has 0 radical (unpaired) electrons. The Kier molecular flexibility index (Phi) is 5.26. The van der Waals surface area contributed by atoms with E-state index in [0.29, 0.717) is 11.5 Å². The molecule has 0 fully saturated rings. The molecule has 0 saturated heterocycles. The van der Waals surface area contributed by atoms with Crippen LogP contribution in [0.15, 0.2) is 77.4 Å². The van der Waals surface area contributed by atoms with Crippen molar-refractivity contribution >= 4 is 17.2 Å². The van der Waals surface area contributed by atoms with Gasteiger partial charge in [0.25, 0.3) is 5.56 Å². The van der Waals surface area contributed by atoms with Gasteiger partial charge in [-0.25, -0.2) is 4.68 Å². The number of hydrogen-bond donors (Lipinski definition) is 2. The van der Waals surface area contributed by atoms with Crippen molar-refractivity contribution in [2.45, 2.75) is 13.8 Å². The number of ketones is 1. The summed E-state index contributed by atoms with van der Waals surface area (Å²) in [6, 6.07) is 18.9. The van der Waals surface area contributed by atoms with Gasteiger partial charge in [-0.2, -0.15) is 0 Å². The molecule has 0 aliphatic heterocycles. The second-order valence-electron chi connectivity index (χ2n) is 6.22. The van der Waals surface area contributed by atoms with Crippen molar-refractivity contribution in [2.24, 2.45) is 7.05 Å². The number of hydrogen-bond acceptors (Lipinski definition) is 4. The zero-order chi connectivity index (χ0) is 19.4. The number of nitrogens with zero attached hydrogens (tertiary/aromatic N) is 2. The van der Waals surface area contributed by atoms with Crippen LogP contribution in [0.2, 0.25) is 0 Å². The molecule has 6 nitrogen and oxygen atoms in total. The number of aromatic nitrogens is 2. The van der Waals surface area contributed by atoms with E-state index in [2.05, 4.69) is 10.6 Å². The van der Waals surface area contributed by atoms with Crippen molar-refractivity contribution in [2.75, 3.05) is 10.6 Å². The van der Waals surface area contributed by atoms with E-state index in [0.717, 1.165) is 17.1 Å². The normalized spacial score (nSPS) is 11.3. The van der Waals surface area contributed by atoms with Gasteiger partial charge in [0, 0.05) is 18.8 Å². The molecule has 6 heteroatoms. The third-order valence-electron chi connectivity index (χ3n) is 4.21. The van der Waals surface area contributed by atoms with Crippen molar-refractivity contribution in [1.82, 2.24) is 9.36 Å². The average molecular weight is 362 g/mol. The Hall–Kier alpha value is -3.54. The number of rotatable bonds is 6. The summed E-state index contributed by atoms with van der Waals surface area (Å²) in [6.07, 6.45) is 1.44. The monoisotopic (exact) mass is 362 g/mol. The van der Waals surface area contributed by atoms with Gasteiger partial charge in [-0.3, -0.25) is 14.3 Å². The summed E-state index contributed by atoms with van der Waals surface area (Å²) in [6.45, 7) is 3.32. The number of carbonyl (C=O) groups excluding carboxylic acids is 1. The molecular formula is C21H22N4O2. The van der Waals surface area contributed by atoms with Crippen LogP contribution in [0.4, 0.5) is 11.4 Å². The molecule has 0 spiro atoms. The Morgan fingerprint density at radius 3 is 2.15 bits per heavy atom.